The molecule has 0 bridgehead atoms. The van der Waals surface area contributed by atoms with Crippen LogP contribution in [0.5, 0.6) is 0 Å². The first-order valence-corrected chi connectivity index (χ1v) is 4.07. The molecule has 0 N–H and O–H groups in total. The third kappa shape index (κ3) is 20.7. The minimum atomic E-state index is -3.32. The molecule has 1 atom stereocenters. The summed E-state index contributed by atoms with van der Waals surface area (Å²) >= 11 is -3.32. The molecule has 0 aliphatic carbocycles. The molecular weight excluding hydrogens is 149 g/mol. The van der Waals surface area contributed by atoms with Gasteiger partial charge in [-0.2, -0.15) is 0 Å². The molecule has 4 heteroatoms. The van der Waals surface area contributed by atoms with Gasteiger partial charge in [0.05, 0.1) is 0 Å². The van der Waals surface area contributed by atoms with E-state index in [0.717, 1.165) is 0 Å². The first kappa shape index (κ1) is 4.54. The summed E-state index contributed by atoms with van der Waals surface area (Å²) in [5.74, 6) is 0. The van der Waals surface area contributed by atoms with Gasteiger partial charge < -0.3 is 0 Å². The maximum atomic E-state index is 10.3. The molecule has 0 aromatic rings. The predicted octanol–water partition coefficient (Wildman–Crippen LogP) is 0.610. The Morgan fingerprint density at radius 1 is 2.00 bits per heavy atom. The van der Waals surface area contributed by atoms with E-state index in [2.05, 4.69) is 10.1 Å². The molecular formula is ClFOSe. The van der Waals surface area contributed by atoms with Crippen LogP contribution in [0.25, 0.3) is 0 Å². The Morgan fingerprint density at radius 2 is 2.00 bits per heavy atom. The Labute approximate surface area is 31.5 Å². The van der Waals surface area contributed by atoms with Crippen LogP contribution in [0.4, 0.5) is 3.55 Å². The van der Waals surface area contributed by atoms with Crippen molar-refractivity contribution < 1.29 is 7.39 Å². The van der Waals surface area contributed by atoms with Gasteiger partial charge in [0.1, 0.15) is 0 Å². The van der Waals surface area contributed by atoms with Gasteiger partial charge >= 0.3 is 30.9 Å². The predicted molar refractivity (Wildman–Crippen MR) is 13.4 cm³/mol. The van der Waals surface area contributed by atoms with E-state index in [0.29, 0.717) is 0 Å². The second kappa shape index (κ2) is 1.82. The molecule has 4 heavy (non-hydrogen) atoms. The molecule has 0 aromatic carbocycles. The molecule has 0 radical (unpaired) electrons. The molecule has 26 valence electrons. The molecule has 0 saturated heterocycles. The second-order valence-corrected chi connectivity index (χ2v) is 2.22. The zero-order valence-corrected chi connectivity index (χ0v) is 4.04. The maximum absolute atomic E-state index is 10.3. The Kier molecular flexibility index (Phi) is 2.07. The van der Waals surface area contributed by atoms with Crippen LogP contribution in [0.15, 0.2) is 0 Å². The van der Waals surface area contributed by atoms with Crippen molar-refractivity contribution in [2.24, 2.45) is 0 Å². The van der Waals surface area contributed by atoms with Crippen LogP contribution in [-0.4, -0.2) is 13.4 Å². The van der Waals surface area contributed by atoms with Crippen LogP contribution in [0.1, 0.15) is 0 Å². The van der Waals surface area contributed by atoms with E-state index < -0.39 is 13.4 Å². The van der Waals surface area contributed by atoms with Crippen molar-refractivity contribution in [1.29, 1.82) is 0 Å². The number of rotatable bonds is 0. The van der Waals surface area contributed by atoms with Crippen molar-refractivity contribution in [3.63, 3.8) is 0 Å². The van der Waals surface area contributed by atoms with Crippen LogP contribution >= 0.6 is 10.1 Å². The summed E-state index contributed by atoms with van der Waals surface area (Å²) in [5.41, 5.74) is 0. The molecule has 0 rings (SSSR count). The summed E-state index contributed by atoms with van der Waals surface area (Å²) in [6.07, 6.45) is 0. The monoisotopic (exact) mass is 150 g/mol. The van der Waals surface area contributed by atoms with Gasteiger partial charge in [-0.3, -0.25) is 0 Å². The molecule has 0 aliphatic heterocycles. The molecule has 0 amide bonds. The summed E-state index contributed by atoms with van der Waals surface area (Å²) < 4.78 is 19.1. The summed E-state index contributed by atoms with van der Waals surface area (Å²) in [5, 5.41) is 0. The summed E-state index contributed by atoms with van der Waals surface area (Å²) in [6.45, 7) is 0. The summed E-state index contributed by atoms with van der Waals surface area (Å²) in [7, 11) is 4.18. The van der Waals surface area contributed by atoms with Gasteiger partial charge in [-0.05, 0) is 0 Å². The second-order valence-electron chi connectivity index (χ2n) is 0.184. The first-order chi connectivity index (χ1) is 1.73. The van der Waals surface area contributed by atoms with Crippen molar-refractivity contribution in [3.05, 3.63) is 0 Å². The van der Waals surface area contributed by atoms with Gasteiger partial charge in [-0.25, -0.2) is 0 Å². The van der Waals surface area contributed by atoms with Crippen molar-refractivity contribution in [3.8, 4) is 0 Å². The van der Waals surface area contributed by atoms with Crippen molar-refractivity contribution >= 4 is 23.5 Å². The zero-order valence-electron chi connectivity index (χ0n) is 1.57. The average Bonchev–Trinajstić information content (AvgIpc) is 0.811. The van der Waals surface area contributed by atoms with E-state index in [4.69, 9.17) is 3.83 Å². The van der Waals surface area contributed by atoms with Crippen LogP contribution in [0.3, 0.4) is 0 Å². The van der Waals surface area contributed by atoms with E-state index in [1.807, 2.05) is 0 Å². The average molecular weight is 149 g/mol. The molecule has 0 heterocycles. The number of halogens is 2. The van der Waals surface area contributed by atoms with E-state index in [9.17, 15) is 3.55 Å². The van der Waals surface area contributed by atoms with Gasteiger partial charge in [0.25, 0.3) is 0 Å². The molecule has 0 fully saturated rings. The van der Waals surface area contributed by atoms with Crippen LogP contribution in [0.2, 0.25) is 0 Å². The SMILES string of the molecule is O=[Se](F)Cl. The van der Waals surface area contributed by atoms with Gasteiger partial charge in [0, 0.05) is 0 Å². The van der Waals surface area contributed by atoms with Gasteiger partial charge in [-0.15, -0.1) is 0 Å². The molecule has 0 saturated carbocycles. The molecule has 0 aromatic heterocycles. The molecule has 1 unspecified atom stereocenters. The Morgan fingerprint density at radius 3 is 2.00 bits per heavy atom. The van der Waals surface area contributed by atoms with Gasteiger partial charge in [-0.1, -0.05) is 0 Å². The third-order valence-electron chi connectivity index (χ3n) is 0. The van der Waals surface area contributed by atoms with Crippen molar-refractivity contribution in [2.45, 2.75) is 0 Å². The quantitative estimate of drug-likeness (QED) is 0.461. The fourth-order valence-electron chi connectivity index (χ4n) is 0. The van der Waals surface area contributed by atoms with Gasteiger partial charge in [0.2, 0.25) is 0 Å². The Bertz CT molecular complexity index is 31.0. The van der Waals surface area contributed by atoms with E-state index in [1.165, 1.54) is 0 Å². The van der Waals surface area contributed by atoms with Crippen LogP contribution in [0, 0.1) is 0 Å². The zero-order chi connectivity index (χ0) is 3.58. The van der Waals surface area contributed by atoms with E-state index >= 15 is 0 Å². The topological polar surface area (TPSA) is 17.1 Å². The standard InChI is InChI=1S/ClFOSe/c1-4(2)3. The Balaban J connectivity index is 2.80. The molecule has 0 spiro atoms. The van der Waals surface area contributed by atoms with Crippen LogP contribution < -0.4 is 0 Å². The minimum absolute atomic E-state index is 3.32. The van der Waals surface area contributed by atoms with E-state index in [-0.39, 0.29) is 0 Å². The van der Waals surface area contributed by atoms with Crippen molar-refractivity contribution in [2.75, 3.05) is 0 Å². The number of hydrogen-bond acceptors (Lipinski definition) is 1. The fourth-order valence-corrected chi connectivity index (χ4v) is 0. The molecule has 1 nitrogen and oxygen atoms in total. The number of hydrogen-bond donors (Lipinski definition) is 0. The molecule has 0 aliphatic rings. The Hall–Kier alpha value is 0.539. The fraction of sp³-hybridized carbons (Fsp3) is 0. The van der Waals surface area contributed by atoms with Gasteiger partial charge in [0.15, 0.2) is 0 Å². The first-order valence-electron chi connectivity index (χ1n) is 0.475. The summed E-state index contributed by atoms with van der Waals surface area (Å²) in [6, 6.07) is 0. The summed E-state index contributed by atoms with van der Waals surface area (Å²) in [4.78, 5) is 0. The van der Waals surface area contributed by atoms with Crippen LogP contribution in [-0.2, 0) is 3.83 Å². The van der Waals surface area contributed by atoms with Crippen molar-refractivity contribution in [1.82, 2.24) is 0 Å². The normalized spacial score (nSPS) is 15.5. The third-order valence-corrected chi connectivity index (χ3v) is 0. The van der Waals surface area contributed by atoms with E-state index in [1.54, 1.807) is 0 Å².